The molecule has 5 N–H and O–H groups in total. The fraction of sp³-hybridized carbons (Fsp3) is 0.190. The number of amides is 1. The highest BCUT2D eigenvalue weighted by atomic mass is 16.5. The van der Waals surface area contributed by atoms with Gasteiger partial charge in [-0.15, -0.1) is 0 Å². The van der Waals surface area contributed by atoms with Gasteiger partial charge in [0.15, 0.2) is 0 Å². The fourth-order valence-corrected chi connectivity index (χ4v) is 3.47. The predicted molar refractivity (Wildman–Crippen MR) is 108 cm³/mol. The first-order chi connectivity index (χ1) is 14.0. The Morgan fingerprint density at radius 2 is 1.93 bits per heavy atom. The molecule has 148 valence electrons. The van der Waals surface area contributed by atoms with Crippen molar-refractivity contribution in [3.05, 3.63) is 91.8 Å². The Morgan fingerprint density at radius 1 is 1.14 bits per heavy atom. The van der Waals surface area contributed by atoms with Crippen molar-refractivity contribution in [1.29, 1.82) is 0 Å². The van der Waals surface area contributed by atoms with Gasteiger partial charge in [0.1, 0.15) is 23.7 Å². The third-order valence-electron chi connectivity index (χ3n) is 4.96. The maximum atomic E-state index is 12.6. The normalized spacial score (nSPS) is 15.0. The third-order valence-corrected chi connectivity index (χ3v) is 4.96. The summed E-state index contributed by atoms with van der Waals surface area (Å²) >= 11 is 0. The summed E-state index contributed by atoms with van der Waals surface area (Å²) in [7, 11) is 0. The van der Waals surface area contributed by atoms with Crippen LogP contribution in [-0.2, 0) is 13.0 Å². The number of rotatable bonds is 5. The van der Waals surface area contributed by atoms with E-state index in [0.29, 0.717) is 18.8 Å². The van der Waals surface area contributed by atoms with Crippen LogP contribution in [0.15, 0.2) is 58.1 Å². The molecule has 3 aromatic rings. The number of anilines is 1. The summed E-state index contributed by atoms with van der Waals surface area (Å²) in [5.74, 6) is 0.108. The molecule has 1 aliphatic rings. The van der Waals surface area contributed by atoms with Crippen LogP contribution >= 0.6 is 0 Å². The van der Waals surface area contributed by atoms with Gasteiger partial charge in [-0.2, -0.15) is 0 Å². The molecule has 0 fully saturated rings. The van der Waals surface area contributed by atoms with E-state index in [1.807, 2.05) is 53.5 Å². The van der Waals surface area contributed by atoms with Gasteiger partial charge in [-0.3, -0.25) is 14.6 Å². The molecule has 0 saturated carbocycles. The number of benzene rings is 2. The van der Waals surface area contributed by atoms with Gasteiger partial charge in [0, 0.05) is 0 Å². The lowest BCUT2D eigenvalue weighted by molar-refractivity contribution is 0.0932. The average Bonchev–Trinajstić information content (AvgIpc) is 3.12. The molecule has 1 aliphatic carbocycles. The Kier molecular flexibility index (Phi) is 4.90. The summed E-state index contributed by atoms with van der Waals surface area (Å²) in [6, 6.07) is 15.4. The lowest BCUT2D eigenvalue weighted by Crippen LogP contribution is -2.34. The number of ether oxygens (including phenoxy) is 1. The Morgan fingerprint density at radius 3 is 2.72 bits per heavy atom. The van der Waals surface area contributed by atoms with Crippen molar-refractivity contribution in [2.45, 2.75) is 25.5 Å². The number of fused-ring (bicyclic) bond motifs is 1. The number of hydrogen-bond donors (Lipinski definition) is 4. The van der Waals surface area contributed by atoms with Crippen LogP contribution in [0, 0.1) is 0 Å². The zero-order chi connectivity index (χ0) is 20.4. The van der Waals surface area contributed by atoms with Gasteiger partial charge < -0.3 is 20.8 Å². The summed E-state index contributed by atoms with van der Waals surface area (Å²) in [5.41, 5.74) is 6.66. The summed E-state index contributed by atoms with van der Waals surface area (Å²) in [6.45, 7) is 0.446. The topological polar surface area (TPSA) is 130 Å². The quantitative estimate of drug-likeness (QED) is 0.524. The monoisotopic (exact) mass is 392 g/mol. The molecule has 0 aliphatic heterocycles. The van der Waals surface area contributed by atoms with Gasteiger partial charge in [0.2, 0.25) is 0 Å². The molecule has 0 saturated heterocycles. The molecule has 0 radical (unpaired) electrons. The van der Waals surface area contributed by atoms with E-state index in [2.05, 4.69) is 10.3 Å². The van der Waals surface area contributed by atoms with E-state index < -0.39 is 17.2 Å². The molecule has 1 aromatic heterocycles. The summed E-state index contributed by atoms with van der Waals surface area (Å²) in [4.78, 5) is 40.0. The zero-order valence-electron chi connectivity index (χ0n) is 15.5. The number of aromatic amines is 2. The fourth-order valence-electron chi connectivity index (χ4n) is 3.47. The Balaban J connectivity index is 1.51. The summed E-state index contributed by atoms with van der Waals surface area (Å²) in [6.07, 6.45) is 1.51. The molecule has 29 heavy (non-hydrogen) atoms. The van der Waals surface area contributed by atoms with Crippen molar-refractivity contribution in [3.8, 4) is 5.75 Å². The van der Waals surface area contributed by atoms with Crippen LogP contribution in [0.4, 0.5) is 5.69 Å². The second-order valence-corrected chi connectivity index (χ2v) is 6.90. The van der Waals surface area contributed by atoms with Crippen LogP contribution in [0.3, 0.4) is 0 Å². The molecule has 8 nitrogen and oxygen atoms in total. The highest BCUT2D eigenvalue weighted by molar-refractivity contribution is 5.97. The number of aryl methyl sites for hydroxylation is 1. The molecule has 1 amide bonds. The third kappa shape index (κ3) is 3.91. The maximum Gasteiger partial charge on any atom is 0.326 e. The maximum absolute atomic E-state index is 12.6. The molecule has 4 rings (SSSR count). The highest BCUT2D eigenvalue weighted by Gasteiger charge is 2.26. The molecule has 0 unspecified atom stereocenters. The molecule has 0 bridgehead atoms. The minimum absolute atomic E-state index is 0.233. The summed E-state index contributed by atoms with van der Waals surface area (Å²) in [5, 5.41) is 2.85. The van der Waals surface area contributed by atoms with Crippen LogP contribution in [0.1, 0.15) is 39.6 Å². The number of nitrogens with one attached hydrogen (secondary N) is 3. The van der Waals surface area contributed by atoms with Crippen LogP contribution in [-0.4, -0.2) is 15.9 Å². The van der Waals surface area contributed by atoms with E-state index in [4.69, 9.17) is 10.5 Å². The van der Waals surface area contributed by atoms with Crippen molar-refractivity contribution < 1.29 is 9.53 Å². The van der Waals surface area contributed by atoms with E-state index in [1.54, 1.807) is 0 Å². The SMILES string of the molecule is Nc1c(C(=O)N[C@@H]2CCc3ccc(OCc4ccccc4)cc32)[nH]c(=O)[nH]c1=O. The number of H-pyrrole nitrogens is 2. The Hall–Kier alpha value is -3.81. The molecular formula is C21H20N4O4. The van der Waals surface area contributed by atoms with Crippen LogP contribution in [0.2, 0.25) is 0 Å². The lowest BCUT2D eigenvalue weighted by Gasteiger charge is -2.16. The van der Waals surface area contributed by atoms with Gasteiger partial charge in [-0.25, -0.2) is 4.79 Å². The number of carbonyl (C=O) groups is 1. The van der Waals surface area contributed by atoms with Gasteiger partial charge in [-0.1, -0.05) is 36.4 Å². The summed E-state index contributed by atoms with van der Waals surface area (Å²) < 4.78 is 5.88. The van der Waals surface area contributed by atoms with Crippen molar-refractivity contribution in [2.24, 2.45) is 0 Å². The molecule has 0 spiro atoms. The number of nitrogen functional groups attached to an aromatic ring is 1. The second kappa shape index (κ2) is 7.67. The standard InChI is InChI=1S/C21H20N4O4/c22-17-18(24-21(28)25-19(17)26)20(27)23-16-9-7-13-6-8-14(10-15(13)16)29-11-12-4-2-1-3-5-12/h1-6,8,10,16H,7,9,11,22H2,(H,23,27)(H2,24,25,26,28)/t16-/m1/s1. The Labute approximate surface area is 165 Å². The van der Waals surface area contributed by atoms with Crippen LogP contribution in [0.25, 0.3) is 0 Å². The second-order valence-electron chi connectivity index (χ2n) is 6.90. The molecular weight excluding hydrogens is 372 g/mol. The number of nitrogens with two attached hydrogens (primary N) is 1. The molecule has 1 heterocycles. The van der Waals surface area contributed by atoms with Crippen molar-refractivity contribution in [1.82, 2.24) is 15.3 Å². The first-order valence-electron chi connectivity index (χ1n) is 9.24. The molecule has 8 heteroatoms. The van der Waals surface area contributed by atoms with E-state index in [-0.39, 0.29) is 17.4 Å². The smallest absolute Gasteiger partial charge is 0.326 e. The van der Waals surface area contributed by atoms with Crippen molar-refractivity contribution in [3.63, 3.8) is 0 Å². The van der Waals surface area contributed by atoms with E-state index in [1.165, 1.54) is 0 Å². The number of carbonyl (C=O) groups excluding carboxylic acids is 1. The van der Waals surface area contributed by atoms with Crippen LogP contribution in [0.5, 0.6) is 5.75 Å². The van der Waals surface area contributed by atoms with E-state index in [9.17, 15) is 14.4 Å². The van der Waals surface area contributed by atoms with Crippen molar-refractivity contribution >= 4 is 11.6 Å². The average molecular weight is 392 g/mol. The van der Waals surface area contributed by atoms with E-state index in [0.717, 1.165) is 23.1 Å². The van der Waals surface area contributed by atoms with Crippen LogP contribution < -0.4 is 27.0 Å². The van der Waals surface area contributed by atoms with E-state index >= 15 is 0 Å². The highest BCUT2D eigenvalue weighted by Crippen LogP contribution is 2.34. The minimum atomic E-state index is -0.790. The number of aromatic nitrogens is 2. The molecule has 2 aromatic carbocycles. The lowest BCUT2D eigenvalue weighted by atomic mass is 10.1. The van der Waals surface area contributed by atoms with Gasteiger partial charge >= 0.3 is 5.69 Å². The first kappa shape index (κ1) is 18.5. The van der Waals surface area contributed by atoms with Crippen molar-refractivity contribution in [2.75, 3.05) is 5.73 Å². The Bertz CT molecular complexity index is 1170. The largest absolute Gasteiger partial charge is 0.489 e. The minimum Gasteiger partial charge on any atom is -0.489 e. The predicted octanol–water partition coefficient (Wildman–Crippen LogP) is 1.64. The first-order valence-corrected chi connectivity index (χ1v) is 9.24. The number of hydrogen-bond acceptors (Lipinski definition) is 5. The van der Waals surface area contributed by atoms with Gasteiger partial charge in [0.25, 0.3) is 11.5 Å². The van der Waals surface area contributed by atoms with Gasteiger partial charge in [-0.05, 0) is 41.7 Å². The molecule has 1 atom stereocenters. The van der Waals surface area contributed by atoms with Gasteiger partial charge in [0.05, 0.1) is 6.04 Å². The zero-order valence-corrected chi connectivity index (χ0v) is 15.5.